The highest BCUT2D eigenvalue weighted by Gasteiger charge is 2.45. The van der Waals surface area contributed by atoms with Gasteiger partial charge in [-0.15, -0.1) is 0 Å². The van der Waals surface area contributed by atoms with E-state index < -0.39 is 10.0 Å². The molecule has 2 aliphatic heterocycles. The molecule has 2 bridgehead atoms. The first kappa shape index (κ1) is 12.6. The summed E-state index contributed by atoms with van der Waals surface area (Å²) < 4.78 is 27.5. The van der Waals surface area contributed by atoms with Crippen molar-refractivity contribution in [2.45, 2.75) is 22.6 Å². The second-order valence-electron chi connectivity index (χ2n) is 5.25. The molecule has 3 heterocycles. The van der Waals surface area contributed by atoms with Crippen LogP contribution in [0.5, 0.6) is 0 Å². The molecule has 0 aliphatic carbocycles. The Morgan fingerprint density at radius 2 is 2.10 bits per heavy atom. The van der Waals surface area contributed by atoms with Crippen LogP contribution < -0.4 is 0 Å². The Labute approximate surface area is 122 Å². The van der Waals surface area contributed by atoms with Gasteiger partial charge in [0.15, 0.2) is 0 Å². The molecular weight excluding hydrogens is 292 g/mol. The van der Waals surface area contributed by atoms with Crippen LogP contribution in [-0.2, 0) is 10.0 Å². The summed E-state index contributed by atoms with van der Waals surface area (Å²) in [5.74, 6) is 0.919. The third-order valence-corrected chi connectivity index (χ3v) is 7.37. The summed E-state index contributed by atoms with van der Waals surface area (Å²) in [5.41, 5.74) is 0.574. The number of sulfonamides is 1. The van der Waals surface area contributed by atoms with E-state index in [1.54, 1.807) is 22.6 Å². The molecule has 1 aromatic carbocycles. The zero-order valence-electron chi connectivity index (χ0n) is 10.8. The predicted molar refractivity (Wildman–Crippen MR) is 80.3 cm³/mol. The van der Waals surface area contributed by atoms with Crippen molar-refractivity contribution in [2.24, 2.45) is 0 Å². The van der Waals surface area contributed by atoms with Gasteiger partial charge in [-0.2, -0.15) is 16.1 Å². The molecule has 104 valence electrons. The molecule has 2 atom stereocenters. The molecule has 2 aromatic rings. The molecule has 0 radical (unpaired) electrons. The van der Waals surface area contributed by atoms with Crippen molar-refractivity contribution in [2.75, 3.05) is 12.3 Å². The van der Waals surface area contributed by atoms with Crippen molar-refractivity contribution in [1.29, 1.82) is 0 Å². The third kappa shape index (κ3) is 1.78. The Balaban J connectivity index is 1.86. The first-order valence-electron chi connectivity index (χ1n) is 6.63. The van der Waals surface area contributed by atoms with Gasteiger partial charge in [-0.25, -0.2) is 8.42 Å². The summed E-state index contributed by atoms with van der Waals surface area (Å²) in [6.07, 6.45) is 2.63. The highest BCUT2D eigenvalue weighted by Crippen LogP contribution is 2.40. The number of fused-ring (bicyclic) bond motifs is 3. The van der Waals surface area contributed by atoms with Gasteiger partial charge >= 0.3 is 0 Å². The van der Waals surface area contributed by atoms with E-state index in [0.29, 0.717) is 22.2 Å². The van der Waals surface area contributed by atoms with Crippen LogP contribution in [0, 0.1) is 0 Å². The molecule has 0 N–H and O–H groups in total. The van der Waals surface area contributed by atoms with Gasteiger partial charge in [-0.1, -0.05) is 18.2 Å². The minimum absolute atomic E-state index is 0.161. The van der Waals surface area contributed by atoms with Crippen molar-refractivity contribution in [3.05, 3.63) is 36.5 Å². The van der Waals surface area contributed by atoms with E-state index in [4.69, 9.17) is 0 Å². The predicted octanol–water partition coefficient (Wildman–Crippen LogP) is 2.11. The normalized spacial score (nSPS) is 26.4. The van der Waals surface area contributed by atoms with Gasteiger partial charge < -0.3 is 0 Å². The van der Waals surface area contributed by atoms with Crippen LogP contribution in [0.1, 0.15) is 6.42 Å². The zero-order chi connectivity index (χ0) is 13.7. The van der Waals surface area contributed by atoms with Gasteiger partial charge in [0, 0.05) is 35.2 Å². The second-order valence-corrected chi connectivity index (χ2v) is 8.44. The SMILES string of the molecule is O=S(=O)(c1cccc2cccnc12)N1CC2CC1CS2. The Kier molecular flexibility index (Phi) is 2.80. The quantitative estimate of drug-likeness (QED) is 0.853. The minimum Gasteiger partial charge on any atom is -0.255 e. The highest BCUT2D eigenvalue weighted by atomic mass is 32.2. The number of benzene rings is 1. The van der Waals surface area contributed by atoms with E-state index in [-0.39, 0.29) is 6.04 Å². The first-order valence-corrected chi connectivity index (χ1v) is 9.12. The lowest BCUT2D eigenvalue weighted by atomic mass is 10.2. The fraction of sp³-hybridized carbons (Fsp3) is 0.357. The Morgan fingerprint density at radius 1 is 1.25 bits per heavy atom. The topological polar surface area (TPSA) is 50.3 Å². The molecular formula is C14H14N2O2S2. The van der Waals surface area contributed by atoms with E-state index in [9.17, 15) is 8.42 Å². The summed E-state index contributed by atoms with van der Waals surface area (Å²) in [6.45, 7) is 0.640. The van der Waals surface area contributed by atoms with Crippen LogP contribution in [0.2, 0.25) is 0 Å². The van der Waals surface area contributed by atoms with Crippen LogP contribution in [0.3, 0.4) is 0 Å². The lowest BCUT2D eigenvalue weighted by Crippen LogP contribution is -2.39. The number of aromatic nitrogens is 1. The van der Waals surface area contributed by atoms with E-state index in [2.05, 4.69) is 4.98 Å². The molecule has 6 heteroatoms. The number of pyridine rings is 1. The standard InChI is InChI=1S/C14H14N2O2S2/c17-20(18,16-8-12-7-11(16)9-19-12)13-5-1-3-10-4-2-6-15-14(10)13/h1-6,11-12H,7-9H2. The lowest BCUT2D eigenvalue weighted by molar-refractivity contribution is 0.410. The molecule has 4 rings (SSSR count). The van der Waals surface area contributed by atoms with Crippen LogP contribution in [0.25, 0.3) is 10.9 Å². The van der Waals surface area contributed by atoms with Crippen molar-refractivity contribution in [1.82, 2.24) is 9.29 Å². The number of para-hydroxylation sites is 1. The van der Waals surface area contributed by atoms with Crippen molar-refractivity contribution in [3.63, 3.8) is 0 Å². The summed E-state index contributed by atoms with van der Waals surface area (Å²) in [6, 6.07) is 9.24. The largest absolute Gasteiger partial charge is 0.255 e. The summed E-state index contributed by atoms with van der Waals surface area (Å²) in [7, 11) is -3.44. The number of hydrogen-bond acceptors (Lipinski definition) is 4. The monoisotopic (exact) mass is 306 g/mol. The Hall–Kier alpha value is -1.11. The molecule has 0 spiro atoms. The smallest absolute Gasteiger partial charge is 0.245 e. The molecule has 2 unspecified atom stereocenters. The number of thioether (sulfide) groups is 1. The van der Waals surface area contributed by atoms with Gasteiger partial charge in [0.25, 0.3) is 0 Å². The number of rotatable bonds is 2. The van der Waals surface area contributed by atoms with E-state index in [1.807, 2.05) is 30.0 Å². The molecule has 1 aromatic heterocycles. The minimum atomic E-state index is -3.44. The van der Waals surface area contributed by atoms with Crippen molar-refractivity contribution < 1.29 is 8.42 Å². The number of hydrogen-bond donors (Lipinski definition) is 0. The summed E-state index contributed by atoms with van der Waals surface area (Å²) in [5, 5.41) is 1.34. The first-order chi connectivity index (χ1) is 9.66. The zero-order valence-corrected chi connectivity index (χ0v) is 12.4. The highest BCUT2D eigenvalue weighted by molar-refractivity contribution is 8.00. The fourth-order valence-electron chi connectivity index (χ4n) is 3.07. The summed E-state index contributed by atoms with van der Waals surface area (Å²) in [4.78, 5) is 4.61. The maximum Gasteiger partial charge on any atom is 0.245 e. The van der Waals surface area contributed by atoms with Gasteiger partial charge in [-0.3, -0.25) is 4.98 Å². The molecule has 4 nitrogen and oxygen atoms in total. The molecule has 2 aliphatic rings. The van der Waals surface area contributed by atoms with Crippen LogP contribution in [-0.4, -0.2) is 41.3 Å². The van der Waals surface area contributed by atoms with Crippen molar-refractivity contribution in [3.8, 4) is 0 Å². The molecule has 0 saturated carbocycles. The van der Waals surface area contributed by atoms with Crippen molar-refractivity contribution >= 4 is 32.7 Å². The molecule has 2 saturated heterocycles. The summed E-state index contributed by atoms with van der Waals surface area (Å²) >= 11 is 1.89. The Morgan fingerprint density at radius 3 is 2.85 bits per heavy atom. The van der Waals surface area contributed by atoms with Gasteiger partial charge in [0.2, 0.25) is 10.0 Å². The van der Waals surface area contributed by atoms with Crippen LogP contribution in [0.4, 0.5) is 0 Å². The maximum absolute atomic E-state index is 12.9. The van der Waals surface area contributed by atoms with Gasteiger partial charge in [0.05, 0.1) is 5.52 Å². The molecule has 2 fully saturated rings. The van der Waals surface area contributed by atoms with Crippen LogP contribution in [0.15, 0.2) is 41.4 Å². The van der Waals surface area contributed by atoms with E-state index in [1.165, 1.54) is 0 Å². The van der Waals surface area contributed by atoms with Gasteiger partial charge in [-0.05, 0) is 18.6 Å². The average Bonchev–Trinajstić information content (AvgIpc) is 3.09. The Bertz CT molecular complexity index is 770. The number of nitrogens with zero attached hydrogens (tertiary/aromatic N) is 2. The van der Waals surface area contributed by atoms with E-state index in [0.717, 1.165) is 17.6 Å². The lowest BCUT2D eigenvalue weighted by Gasteiger charge is -2.26. The molecule has 0 amide bonds. The van der Waals surface area contributed by atoms with Crippen LogP contribution >= 0.6 is 11.8 Å². The third-order valence-electron chi connectivity index (χ3n) is 4.03. The second kappa shape index (κ2) is 4.44. The molecule has 20 heavy (non-hydrogen) atoms. The fourth-order valence-corrected chi connectivity index (χ4v) is 6.54. The average molecular weight is 306 g/mol. The maximum atomic E-state index is 12.9. The van der Waals surface area contributed by atoms with E-state index >= 15 is 0 Å². The van der Waals surface area contributed by atoms with Gasteiger partial charge in [0.1, 0.15) is 4.90 Å².